The number of aromatic nitrogens is 1. The number of rotatable bonds is 5. The Kier molecular flexibility index (Phi) is 5.73. The summed E-state index contributed by atoms with van der Waals surface area (Å²) < 4.78 is 22.4. The van der Waals surface area contributed by atoms with Gasteiger partial charge in [-0.1, -0.05) is 28.9 Å². The number of methoxy groups -OCH3 is 3. The number of nitrogens with one attached hydrogen (secondary N) is 1. The minimum Gasteiger partial charge on any atom is -0.496 e. The Balaban J connectivity index is 1.67. The van der Waals surface area contributed by atoms with Crippen LogP contribution in [0.25, 0.3) is 0 Å². The number of ketones is 1. The number of carbonyl (C=O) groups is 1. The second-order valence-corrected chi connectivity index (χ2v) is 8.93. The van der Waals surface area contributed by atoms with Gasteiger partial charge in [0.05, 0.1) is 38.5 Å². The number of allylic oxidation sites excluding steroid dienone is 2. The van der Waals surface area contributed by atoms with Gasteiger partial charge in [0.15, 0.2) is 17.3 Å². The lowest BCUT2D eigenvalue weighted by atomic mass is 9.72. The smallest absolute Gasteiger partial charge is 0.233 e. The summed E-state index contributed by atoms with van der Waals surface area (Å²) in [6.07, 6.45) is 1.06. The molecule has 8 heteroatoms. The second kappa shape index (κ2) is 8.72. The minimum atomic E-state index is -0.411. The zero-order chi connectivity index (χ0) is 24.0. The first-order valence-corrected chi connectivity index (χ1v) is 11.4. The van der Waals surface area contributed by atoms with E-state index in [-0.39, 0.29) is 11.7 Å². The number of carbonyl (C=O) groups excluding carboxylic acids is 1. The van der Waals surface area contributed by atoms with E-state index in [4.69, 9.17) is 30.3 Å². The van der Waals surface area contributed by atoms with Gasteiger partial charge in [0.1, 0.15) is 5.75 Å². The molecule has 0 fully saturated rings. The molecule has 0 spiro atoms. The zero-order valence-electron chi connectivity index (χ0n) is 19.4. The Morgan fingerprint density at radius 1 is 1.00 bits per heavy atom. The fourth-order valence-corrected chi connectivity index (χ4v) is 5.16. The van der Waals surface area contributed by atoms with Crippen LogP contribution in [0.1, 0.15) is 47.1 Å². The van der Waals surface area contributed by atoms with E-state index >= 15 is 0 Å². The molecule has 34 heavy (non-hydrogen) atoms. The number of hydrogen-bond acceptors (Lipinski definition) is 7. The number of Topliss-reactive ketones (excluding diaryl/α,β-unsaturated/α-hetero) is 1. The summed E-state index contributed by atoms with van der Waals surface area (Å²) in [5, 5.41) is 8.22. The highest BCUT2D eigenvalue weighted by Crippen LogP contribution is 2.52. The number of aryl methyl sites for hydroxylation is 1. The van der Waals surface area contributed by atoms with Gasteiger partial charge in [0.2, 0.25) is 5.88 Å². The van der Waals surface area contributed by atoms with Crippen LogP contribution in [0.15, 0.2) is 52.2 Å². The Bertz CT molecular complexity index is 1300. The molecule has 5 rings (SSSR count). The highest BCUT2D eigenvalue weighted by Gasteiger charge is 2.42. The maximum atomic E-state index is 13.7. The molecule has 2 aromatic carbocycles. The van der Waals surface area contributed by atoms with Gasteiger partial charge in [-0.2, -0.15) is 0 Å². The molecule has 1 aliphatic heterocycles. The van der Waals surface area contributed by atoms with Gasteiger partial charge in [-0.25, -0.2) is 0 Å². The minimum absolute atomic E-state index is 0.0366. The molecule has 0 radical (unpaired) electrons. The van der Waals surface area contributed by atoms with E-state index in [1.165, 1.54) is 0 Å². The average molecular weight is 481 g/mol. The lowest BCUT2D eigenvalue weighted by Gasteiger charge is -2.35. The van der Waals surface area contributed by atoms with Crippen molar-refractivity contribution in [1.29, 1.82) is 0 Å². The van der Waals surface area contributed by atoms with Crippen molar-refractivity contribution in [3.63, 3.8) is 0 Å². The first kappa shape index (κ1) is 22.3. The van der Waals surface area contributed by atoms with Crippen molar-refractivity contribution >= 4 is 23.3 Å². The van der Waals surface area contributed by atoms with Crippen molar-refractivity contribution in [2.75, 3.05) is 26.6 Å². The molecule has 0 bridgehead atoms. The summed E-state index contributed by atoms with van der Waals surface area (Å²) in [7, 11) is 4.76. The lowest BCUT2D eigenvalue weighted by molar-refractivity contribution is -0.116. The fourth-order valence-electron chi connectivity index (χ4n) is 5.03. The number of halogens is 1. The number of ether oxygens (including phenoxy) is 3. The molecular formula is C26H25ClN2O5. The topological polar surface area (TPSA) is 82.8 Å². The average Bonchev–Trinajstić information content (AvgIpc) is 3.22. The normalized spacial score (nSPS) is 19.3. The molecule has 0 saturated carbocycles. The van der Waals surface area contributed by atoms with Crippen LogP contribution in [0.3, 0.4) is 0 Å². The Morgan fingerprint density at radius 3 is 2.35 bits per heavy atom. The van der Waals surface area contributed by atoms with Gasteiger partial charge in [-0.15, -0.1) is 0 Å². The summed E-state index contributed by atoms with van der Waals surface area (Å²) in [5.74, 6) is 1.93. The van der Waals surface area contributed by atoms with Crippen LogP contribution in [-0.4, -0.2) is 32.3 Å². The van der Waals surface area contributed by atoms with E-state index in [9.17, 15) is 4.79 Å². The molecule has 3 aromatic rings. The predicted molar refractivity (Wildman–Crippen MR) is 128 cm³/mol. The Hall–Kier alpha value is -3.45. The van der Waals surface area contributed by atoms with Gasteiger partial charge in [-0.3, -0.25) is 4.79 Å². The summed E-state index contributed by atoms with van der Waals surface area (Å²) in [6, 6.07) is 11.3. The zero-order valence-corrected chi connectivity index (χ0v) is 20.2. The molecular weight excluding hydrogens is 456 g/mol. The molecule has 7 nitrogen and oxygen atoms in total. The van der Waals surface area contributed by atoms with Gasteiger partial charge < -0.3 is 24.1 Å². The number of nitrogens with zero attached hydrogens (tertiary/aromatic N) is 1. The van der Waals surface area contributed by atoms with Crippen molar-refractivity contribution in [1.82, 2.24) is 5.16 Å². The van der Waals surface area contributed by atoms with E-state index in [1.807, 2.05) is 37.3 Å². The molecule has 1 N–H and O–H groups in total. The van der Waals surface area contributed by atoms with Crippen LogP contribution in [0.5, 0.6) is 17.2 Å². The lowest BCUT2D eigenvalue weighted by Crippen LogP contribution is -2.29. The van der Waals surface area contributed by atoms with Crippen LogP contribution >= 0.6 is 11.6 Å². The fraction of sp³-hybridized carbons (Fsp3) is 0.308. The van der Waals surface area contributed by atoms with Crippen molar-refractivity contribution in [3.05, 3.63) is 75.1 Å². The van der Waals surface area contributed by atoms with Crippen LogP contribution in [0, 0.1) is 6.92 Å². The predicted octanol–water partition coefficient (Wildman–Crippen LogP) is 5.62. The molecule has 1 aromatic heterocycles. The third-order valence-corrected chi connectivity index (χ3v) is 6.90. The molecule has 0 unspecified atom stereocenters. The van der Waals surface area contributed by atoms with Crippen molar-refractivity contribution in [2.24, 2.45) is 0 Å². The molecule has 176 valence electrons. The first-order valence-electron chi connectivity index (χ1n) is 11.0. The SMILES string of the molecule is COc1cc(OC)c([C@H]2C3=C(C[C@H](c4ccc(Cl)cc4)CC3=O)Nc3onc(C)c32)cc1OC. The molecule has 2 heterocycles. The Labute approximate surface area is 202 Å². The van der Waals surface area contributed by atoms with Gasteiger partial charge in [0, 0.05) is 34.3 Å². The Morgan fingerprint density at radius 2 is 1.68 bits per heavy atom. The number of benzene rings is 2. The van der Waals surface area contributed by atoms with Crippen molar-refractivity contribution in [2.45, 2.75) is 31.6 Å². The highest BCUT2D eigenvalue weighted by molar-refractivity contribution is 6.30. The third-order valence-electron chi connectivity index (χ3n) is 6.65. The molecule has 1 aliphatic carbocycles. The van der Waals surface area contributed by atoms with E-state index in [0.717, 1.165) is 22.4 Å². The van der Waals surface area contributed by atoms with E-state index < -0.39 is 5.92 Å². The summed E-state index contributed by atoms with van der Waals surface area (Å²) in [5.41, 5.74) is 4.94. The number of anilines is 1. The van der Waals surface area contributed by atoms with Crippen LogP contribution in [0.4, 0.5) is 5.88 Å². The maximum Gasteiger partial charge on any atom is 0.233 e. The van der Waals surface area contributed by atoms with E-state index in [0.29, 0.717) is 52.3 Å². The molecule has 0 saturated heterocycles. The first-order chi connectivity index (χ1) is 16.4. The number of hydrogen-bond donors (Lipinski definition) is 1. The quantitative estimate of drug-likeness (QED) is 0.507. The summed E-state index contributed by atoms with van der Waals surface area (Å²) >= 11 is 6.07. The molecule has 0 amide bonds. The highest BCUT2D eigenvalue weighted by atomic mass is 35.5. The summed E-state index contributed by atoms with van der Waals surface area (Å²) in [4.78, 5) is 13.7. The standard InChI is InChI=1S/C26H25ClN2O5/c1-13-23-24(17-11-21(32-3)22(33-4)12-20(17)31-2)25-18(28-26(23)34-29-13)9-15(10-19(25)30)14-5-7-16(27)8-6-14/h5-8,11-12,15,24,28H,9-10H2,1-4H3/t15-,24+/m0/s1. The van der Waals surface area contributed by atoms with Crippen LogP contribution in [0.2, 0.25) is 5.02 Å². The van der Waals surface area contributed by atoms with E-state index in [2.05, 4.69) is 10.5 Å². The molecule has 2 atom stereocenters. The van der Waals surface area contributed by atoms with Gasteiger partial charge in [0.25, 0.3) is 0 Å². The van der Waals surface area contributed by atoms with E-state index in [1.54, 1.807) is 27.4 Å². The monoisotopic (exact) mass is 480 g/mol. The number of fused-ring (bicyclic) bond motifs is 1. The summed E-state index contributed by atoms with van der Waals surface area (Å²) in [6.45, 7) is 1.87. The molecule has 2 aliphatic rings. The van der Waals surface area contributed by atoms with Gasteiger partial charge >= 0.3 is 0 Å². The van der Waals surface area contributed by atoms with Crippen molar-refractivity contribution < 1.29 is 23.5 Å². The van der Waals surface area contributed by atoms with Gasteiger partial charge in [-0.05, 0) is 43.0 Å². The van der Waals surface area contributed by atoms with Crippen LogP contribution in [-0.2, 0) is 4.79 Å². The third kappa shape index (κ3) is 3.60. The largest absolute Gasteiger partial charge is 0.496 e. The van der Waals surface area contributed by atoms with Crippen molar-refractivity contribution in [3.8, 4) is 17.2 Å². The maximum absolute atomic E-state index is 13.7. The second-order valence-electron chi connectivity index (χ2n) is 8.49. The van der Waals surface area contributed by atoms with Crippen LogP contribution < -0.4 is 19.5 Å².